The van der Waals surface area contributed by atoms with Gasteiger partial charge in [0.15, 0.2) is 0 Å². The molecule has 0 heterocycles. The van der Waals surface area contributed by atoms with Gasteiger partial charge in [-0.2, -0.15) is 48.3 Å². The number of alkyl halides is 11. The van der Waals surface area contributed by atoms with E-state index < -0.39 is 41.8 Å². The van der Waals surface area contributed by atoms with E-state index in [-0.39, 0.29) is 5.02 Å². The summed E-state index contributed by atoms with van der Waals surface area (Å²) in [4.78, 5) is 11.4. The van der Waals surface area contributed by atoms with Crippen LogP contribution in [0.1, 0.15) is 0 Å². The maximum atomic E-state index is 13.9. The zero-order valence-corrected chi connectivity index (χ0v) is 12.9. The lowest BCUT2D eigenvalue weighted by atomic mass is 10.2. The molecule has 0 fully saturated rings. The Morgan fingerprint density at radius 3 is 1.63 bits per heavy atom. The third-order valence-electron chi connectivity index (χ3n) is 2.75. The first kappa shape index (κ1) is 23.2. The summed E-state index contributed by atoms with van der Waals surface area (Å²) in [5.74, 6) is -16.6. The van der Waals surface area contributed by atoms with Gasteiger partial charge in [-0.1, -0.05) is 11.6 Å². The van der Waals surface area contributed by atoms with Gasteiger partial charge in [-0.3, -0.25) is 9.53 Å². The molecule has 0 unspecified atom stereocenters. The van der Waals surface area contributed by atoms with Crippen LogP contribution in [0.3, 0.4) is 0 Å². The van der Waals surface area contributed by atoms with Gasteiger partial charge >= 0.3 is 30.2 Å². The molecule has 0 aromatic heterocycles. The molecule has 0 bridgehead atoms. The van der Waals surface area contributed by atoms with Crippen LogP contribution >= 0.6 is 11.6 Å². The number of benzene rings is 1. The smallest absolute Gasteiger partial charge is 0.321 e. The Morgan fingerprint density at radius 1 is 0.815 bits per heavy atom. The van der Waals surface area contributed by atoms with E-state index in [1.807, 2.05) is 0 Å². The van der Waals surface area contributed by atoms with Crippen LogP contribution in [-0.2, 0) is 9.53 Å². The van der Waals surface area contributed by atoms with E-state index in [2.05, 4.69) is 4.74 Å². The highest BCUT2D eigenvalue weighted by Crippen LogP contribution is 2.51. The Kier molecular flexibility index (Phi) is 5.99. The van der Waals surface area contributed by atoms with Crippen LogP contribution < -0.4 is 5.32 Å². The largest absolute Gasteiger partial charge is 0.462 e. The van der Waals surface area contributed by atoms with Crippen molar-refractivity contribution in [3.63, 3.8) is 0 Å². The summed E-state index contributed by atoms with van der Waals surface area (Å²) in [6, 6.07) is 3.38. The average Bonchev–Trinajstić information content (AvgIpc) is 2.46. The lowest BCUT2D eigenvalue weighted by Gasteiger charge is -2.34. The summed E-state index contributed by atoms with van der Waals surface area (Å²) < 4.78 is 141. The zero-order chi connectivity index (χ0) is 21.5. The van der Waals surface area contributed by atoms with Crippen molar-refractivity contribution in [1.82, 2.24) is 0 Å². The summed E-state index contributed by atoms with van der Waals surface area (Å²) in [7, 11) is 0. The fourth-order valence-corrected chi connectivity index (χ4v) is 1.51. The van der Waals surface area contributed by atoms with Crippen molar-refractivity contribution in [3.8, 4) is 0 Å². The number of rotatable bonds is 5. The molecule has 0 aliphatic heterocycles. The minimum Gasteiger partial charge on any atom is -0.321 e. The minimum atomic E-state index is -7.25. The van der Waals surface area contributed by atoms with Crippen LogP contribution in [0.5, 0.6) is 0 Å². The first-order valence-corrected chi connectivity index (χ1v) is 6.58. The molecule has 1 atom stereocenters. The molecule has 1 aromatic carbocycles. The highest BCUT2D eigenvalue weighted by Gasteiger charge is 2.79. The second-order valence-corrected chi connectivity index (χ2v) is 5.18. The van der Waals surface area contributed by atoms with Gasteiger partial charge in [-0.25, -0.2) is 0 Å². The summed E-state index contributed by atoms with van der Waals surface area (Å²) in [6.07, 6.45) is -21.0. The average molecular weight is 440 g/mol. The second kappa shape index (κ2) is 6.96. The molecule has 3 nitrogen and oxygen atoms in total. The molecular weight excluding hydrogens is 435 g/mol. The Morgan fingerprint density at radius 2 is 1.26 bits per heavy atom. The van der Waals surface area contributed by atoms with Gasteiger partial charge < -0.3 is 5.32 Å². The van der Waals surface area contributed by atoms with E-state index in [0.29, 0.717) is 0 Å². The molecule has 0 aliphatic rings. The standard InChI is InChI=1S/C12H5ClF11NO2/c13-5-1-3-6(4-2-5)25-7(26)8(14,10(17,18)19)27-12(23,24)9(15,16)11(20,21)22/h1-4H,(H,25,26)/t8-/m1/s1. The highest BCUT2D eigenvalue weighted by molar-refractivity contribution is 6.30. The summed E-state index contributed by atoms with van der Waals surface area (Å²) in [6.45, 7) is 0. The van der Waals surface area contributed by atoms with Crippen LogP contribution in [-0.4, -0.2) is 36.1 Å². The van der Waals surface area contributed by atoms with Crippen LogP contribution in [0.25, 0.3) is 0 Å². The number of hydrogen-bond acceptors (Lipinski definition) is 2. The molecule has 15 heteroatoms. The number of carbonyl (C=O) groups is 1. The molecule has 1 aromatic rings. The molecule has 0 saturated carbocycles. The number of amides is 1. The Balaban J connectivity index is 3.27. The van der Waals surface area contributed by atoms with Crippen molar-refractivity contribution < 1.29 is 57.8 Å². The molecule has 1 N–H and O–H groups in total. The maximum absolute atomic E-state index is 13.9. The van der Waals surface area contributed by atoms with E-state index in [1.165, 1.54) is 0 Å². The number of ether oxygens (including phenoxy) is 1. The van der Waals surface area contributed by atoms with Gasteiger partial charge in [0.2, 0.25) is 0 Å². The summed E-state index contributed by atoms with van der Waals surface area (Å²) in [5, 5.41) is 1.03. The number of hydrogen-bond donors (Lipinski definition) is 1. The minimum absolute atomic E-state index is 0.0251. The predicted molar refractivity (Wildman–Crippen MR) is 67.0 cm³/mol. The van der Waals surface area contributed by atoms with Crippen molar-refractivity contribution in [2.45, 2.75) is 30.2 Å². The summed E-state index contributed by atoms with van der Waals surface area (Å²) in [5.41, 5.74) is -0.690. The van der Waals surface area contributed by atoms with E-state index in [0.717, 1.165) is 29.6 Å². The molecule has 1 rings (SSSR count). The van der Waals surface area contributed by atoms with Gasteiger partial charge in [0.1, 0.15) is 0 Å². The third-order valence-corrected chi connectivity index (χ3v) is 3.00. The lowest BCUT2D eigenvalue weighted by Crippen LogP contribution is -2.62. The number of halogens is 12. The Labute approximate surface area is 147 Å². The van der Waals surface area contributed by atoms with Gasteiger partial charge in [-0.15, -0.1) is 0 Å². The normalized spacial score (nSPS) is 16.0. The topological polar surface area (TPSA) is 38.3 Å². The fourth-order valence-electron chi connectivity index (χ4n) is 1.38. The van der Waals surface area contributed by atoms with E-state index in [4.69, 9.17) is 11.6 Å². The monoisotopic (exact) mass is 439 g/mol. The van der Waals surface area contributed by atoms with Crippen LogP contribution in [0.15, 0.2) is 24.3 Å². The maximum Gasteiger partial charge on any atom is 0.462 e. The van der Waals surface area contributed by atoms with Gasteiger partial charge in [0.05, 0.1) is 0 Å². The van der Waals surface area contributed by atoms with Crippen molar-refractivity contribution in [2.24, 2.45) is 0 Å². The highest BCUT2D eigenvalue weighted by atomic mass is 35.5. The first-order chi connectivity index (χ1) is 11.8. The molecule has 0 spiro atoms. The Hall–Kier alpha value is -1.83. The first-order valence-electron chi connectivity index (χ1n) is 6.20. The molecule has 1 amide bonds. The molecule has 0 radical (unpaired) electrons. The lowest BCUT2D eigenvalue weighted by molar-refractivity contribution is -0.472. The second-order valence-electron chi connectivity index (χ2n) is 4.75. The van der Waals surface area contributed by atoms with Gasteiger partial charge in [0, 0.05) is 10.7 Å². The molecule has 0 aliphatic carbocycles. The number of anilines is 1. The quantitative estimate of drug-likeness (QED) is 0.631. The Bertz CT molecular complexity index is 686. The fraction of sp³-hybridized carbons (Fsp3) is 0.417. The number of nitrogens with one attached hydrogen (secondary N) is 1. The van der Waals surface area contributed by atoms with Crippen LogP contribution in [0, 0.1) is 0 Å². The SMILES string of the molecule is O=C(Nc1ccc(Cl)cc1)[C@@](F)(OC(F)(F)C(F)(F)C(F)(F)F)C(F)(F)F. The summed E-state index contributed by atoms with van der Waals surface area (Å²) >= 11 is 5.41. The van der Waals surface area contributed by atoms with Crippen LogP contribution in [0.2, 0.25) is 5.02 Å². The third kappa shape index (κ3) is 4.54. The van der Waals surface area contributed by atoms with Gasteiger partial charge in [0.25, 0.3) is 5.91 Å². The molecule has 0 saturated heterocycles. The van der Waals surface area contributed by atoms with E-state index in [9.17, 15) is 53.1 Å². The molecular formula is C12H5ClF11NO2. The molecule has 154 valence electrons. The van der Waals surface area contributed by atoms with E-state index >= 15 is 0 Å². The predicted octanol–water partition coefficient (Wildman–Crippen LogP) is 5.31. The zero-order valence-electron chi connectivity index (χ0n) is 12.2. The van der Waals surface area contributed by atoms with E-state index in [1.54, 1.807) is 0 Å². The van der Waals surface area contributed by atoms with Crippen LogP contribution in [0.4, 0.5) is 54.0 Å². The van der Waals surface area contributed by atoms with Crippen molar-refractivity contribution >= 4 is 23.2 Å². The van der Waals surface area contributed by atoms with Crippen molar-refractivity contribution in [3.05, 3.63) is 29.3 Å². The molecule has 27 heavy (non-hydrogen) atoms. The van der Waals surface area contributed by atoms with Gasteiger partial charge in [-0.05, 0) is 24.3 Å². The van der Waals surface area contributed by atoms with Crippen molar-refractivity contribution in [1.29, 1.82) is 0 Å². The number of carbonyl (C=O) groups excluding carboxylic acids is 1. The van der Waals surface area contributed by atoms with Crippen molar-refractivity contribution in [2.75, 3.05) is 5.32 Å².